The minimum atomic E-state index is -0.0343. The van der Waals surface area contributed by atoms with Crippen molar-refractivity contribution in [3.05, 3.63) is 53.1 Å². The summed E-state index contributed by atoms with van der Waals surface area (Å²) < 4.78 is 11.1. The molecule has 35 heavy (non-hydrogen) atoms. The average Bonchev–Trinajstić information content (AvgIpc) is 3.52. The maximum atomic E-state index is 12.7. The number of nitriles is 1. The van der Waals surface area contributed by atoms with E-state index in [1.165, 1.54) is 16.9 Å². The first-order valence-corrected chi connectivity index (χ1v) is 12.6. The van der Waals surface area contributed by atoms with Crippen LogP contribution in [0.25, 0.3) is 21.1 Å². The van der Waals surface area contributed by atoms with Crippen molar-refractivity contribution in [3.8, 4) is 33.0 Å². The van der Waals surface area contributed by atoms with Gasteiger partial charge in [0.1, 0.15) is 21.8 Å². The van der Waals surface area contributed by atoms with Crippen molar-refractivity contribution in [3.63, 3.8) is 0 Å². The van der Waals surface area contributed by atoms with E-state index in [-0.39, 0.29) is 18.2 Å². The van der Waals surface area contributed by atoms with Gasteiger partial charge in [-0.3, -0.25) is 0 Å². The minimum absolute atomic E-state index is 0.0104. The summed E-state index contributed by atoms with van der Waals surface area (Å²) in [7, 11) is 0. The Morgan fingerprint density at radius 2 is 2.03 bits per heavy atom. The molecule has 1 saturated heterocycles. The van der Waals surface area contributed by atoms with E-state index in [1.54, 1.807) is 6.07 Å². The Labute approximate surface area is 208 Å². The Balaban J connectivity index is 1.37. The van der Waals surface area contributed by atoms with E-state index in [0.29, 0.717) is 37.6 Å². The normalized spacial score (nSPS) is 17.2. The Morgan fingerprint density at radius 3 is 2.80 bits per heavy atom. The number of hydrogen-bond acceptors (Lipinski definition) is 7. The first kappa shape index (κ1) is 23.3. The highest BCUT2D eigenvalue weighted by atomic mass is 32.1. The number of hydrogen-bond donors (Lipinski definition) is 1. The summed E-state index contributed by atoms with van der Waals surface area (Å²) in [6.07, 6.45) is 1.72. The Hall–Kier alpha value is -3.48. The minimum Gasteiger partial charge on any atom is -0.490 e. The zero-order valence-electron chi connectivity index (χ0n) is 19.8. The summed E-state index contributed by atoms with van der Waals surface area (Å²) in [5.74, 6) is 0.571. The van der Waals surface area contributed by atoms with Gasteiger partial charge in [0.2, 0.25) is 0 Å². The van der Waals surface area contributed by atoms with Crippen LogP contribution in [0.5, 0.6) is 5.75 Å². The lowest BCUT2D eigenvalue weighted by Crippen LogP contribution is -2.46. The maximum absolute atomic E-state index is 12.7. The van der Waals surface area contributed by atoms with Crippen LogP contribution in [-0.2, 0) is 11.2 Å². The molecular weight excluding hydrogens is 462 g/mol. The molecule has 2 aliphatic rings. The number of nitrogens with one attached hydrogen (secondary N) is 1. The van der Waals surface area contributed by atoms with Crippen molar-refractivity contribution in [1.29, 1.82) is 5.26 Å². The summed E-state index contributed by atoms with van der Waals surface area (Å²) in [6, 6.07) is 13.9. The van der Waals surface area contributed by atoms with Crippen molar-refractivity contribution < 1.29 is 14.3 Å². The largest absolute Gasteiger partial charge is 0.490 e. The van der Waals surface area contributed by atoms with Crippen LogP contribution >= 0.6 is 11.3 Å². The molecule has 8 nitrogen and oxygen atoms in total. The van der Waals surface area contributed by atoms with Crippen molar-refractivity contribution >= 4 is 17.4 Å². The van der Waals surface area contributed by atoms with E-state index in [1.807, 2.05) is 36.9 Å². The number of morpholine rings is 1. The average molecular weight is 490 g/mol. The maximum Gasteiger partial charge on any atom is 0.318 e. The molecule has 5 rings (SSSR count). The van der Waals surface area contributed by atoms with Gasteiger partial charge in [0.15, 0.2) is 0 Å². The number of nitrogens with zero attached hydrogens (tertiary/aromatic N) is 4. The predicted octanol–water partition coefficient (Wildman–Crippen LogP) is 4.56. The lowest BCUT2D eigenvalue weighted by molar-refractivity contribution is 0.0525. The highest BCUT2D eigenvalue weighted by Crippen LogP contribution is 2.40. The lowest BCUT2D eigenvalue weighted by Gasteiger charge is -2.28. The molecule has 2 amide bonds. The number of carbonyl (C=O) groups is 1. The summed E-state index contributed by atoms with van der Waals surface area (Å²) >= 11 is 1.50. The van der Waals surface area contributed by atoms with E-state index in [4.69, 9.17) is 9.47 Å². The van der Waals surface area contributed by atoms with Crippen molar-refractivity contribution in [2.24, 2.45) is 0 Å². The molecule has 1 aliphatic heterocycles. The first-order chi connectivity index (χ1) is 17.0. The number of rotatable bonds is 5. The molecule has 1 fully saturated rings. The highest BCUT2D eigenvalue weighted by molar-refractivity contribution is 7.17. The van der Waals surface area contributed by atoms with Crippen LogP contribution in [0.3, 0.4) is 0 Å². The number of carbonyl (C=O) groups excluding carboxylic acids is 1. The SMILES string of the molecule is CC(C)Oc1ccc(-c2nnc(-c3cccc4c3CC[C@H]4NC(=O)N3CCOCC3)s2)cc1C#N. The summed E-state index contributed by atoms with van der Waals surface area (Å²) in [4.78, 5) is 14.5. The zero-order chi connectivity index (χ0) is 24.4. The van der Waals surface area contributed by atoms with Gasteiger partial charge >= 0.3 is 6.03 Å². The standard InChI is InChI=1S/C26H27N5O3S/c1-16(2)34-23-9-6-17(14-18(23)15-27)24-29-30-25(35-24)21-5-3-4-20-19(21)7-8-22(20)28-26(32)31-10-12-33-13-11-31/h3-6,9,14,16,22H,7-8,10-13H2,1-2H3,(H,28,32)/t22-/m1/s1. The van der Waals surface area contributed by atoms with Gasteiger partial charge in [-0.2, -0.15) is 5.26 Å². The molecule has 0 bridgehead atoms. The highest BCUT2D eigenvalue weighted by Gasteiger charge is 2.29. The van der Waals surface area contributed by atoms with Crippen LogP contribution in [0.1, 0.15) is 43.0 Å². The molecule has 0 radical (unpaired) electrons. The van der Waals surface area contributed by atoms with Crippen molar-refractivity contribution in [2.75, 3.05) is 26.3 Å². The molecule has 1 aliphatic carbocycles. The van der Waals surface area contributed by atoms with Gasteiger partial charge in [-0.15, -0.1) is 10.2 Å². The topological polar surface area (TPSA) is 100 Å². The quantitative estimate of drug-likeness (QED) is 0.564. The van der Waals surface area contributed by atoms with E-state index >= 15 is 0 Å². The molecule has 1 atom stereocenters. The third-order valence-corrected chi connectivity index (χ3v) is 7.24. The molecule has 0 spiro atoms. The number of benzene rings is 2. The van der Waals surface area contributed by atoms with Gasteiger partial charge in [-0.05, 0) is 56.0 Å². The molecule has 0 saturated carbocycles. The number of amides is 2. The third kappa shape index (κ3) is 4.85. The molecule has 2 heterocycles. The number of urea groups is 1. The van der Waals surface area contributed by atoms with Crippen molar-refractivity contribution in [2.45, 2.75) is 38.8 Å². The third-order valence-electron chi connectivity index (χ3n) is 6.23. The Bertz CT molecular complexity index is 1280. The second kappa shape index (κ2) is 10.0. The summed E-state index contributed by atoms with van der Waals surface area (Å²) in [5.41, 5.74) is 4.72. The van der Waals surface area contributed by atoms with Gasteiger partial charge in [0.05, 0.1) is 30.9 Å². The molecule has 1 aromatic heterocycles. The summed E-state index contributed by atoms with van der Waals surface area (Å²) in [5, 5.41) is 23.2. The molecule has 3 aromatic rings. The van der Waals surface area contributed by atoms with Crippen LogP contribution in [-0.4, -0.2) is 53.5 Å². The fourth-order valence-electron chi connectivity index (χ4n) is 4.57. The second-order valence-corrected chi connectivity index (χ2v) is 9.89. The fraction of sp³-hybridized carbons (Fsp3) is 0.385. The van der Waals surface area contributed by atoms with E-state index in [2.05, 4.69) is 33.7 Å². The van der Waals surface area contributed by atoms with Crippen LogP contribution in [0.2, 0.25) is 0 Å². The smallest absolute Gasteiger partial charge is 0.318 e. The molecule has 0 unspecified atom stereocenters. The number of aromatic nitrogens is 2. The fourth-order valence-corrected chi connectivity index (χ4v) is 5.46. The monoisotopic (exact) mass is 489 g/mol. The Kier molecular flexibility index (Phi) is 6.66. The lowest BCUT2D eigenvalue weighted by atomic mass is 10.0. The number of ether oxygens (including phenoxy) is 2. The summed E-state index contributed by atoms with van der Waals surface area (Å²) in [6.45, 7) is 6.28. The molecule has 2 aromatic carbocycles. The number of fused-ring (bicyclic) bond motifs is 1. The molecule has 9 heteroatoms. The molecule has 180 valence electrons. The van der Waals surface area contributed by atoms with Gasteiger partial charge in [-0.1, -0.05) is 29.5 Å². The van der Waals surface area contributed by atoms with E-state index < -0.39 is 0 Å². The predicted molar refractivity (Wildman–Crippen MR) is 133 cm³/mol. The molecule has 1 N–H and O–H groups in total. The van der Waals surface area contributed by atoms with Gasteiger partial charge in [0.25, 0.3) is 0 Å². The van der Waals surface area contributed by atoms with Crippen LogP contribution in [0.4, 0.5) is 4.79 Å². The zero-order valence-corrected chi connectivity index (χ0v) is 20.6. The van der Waals surface area contributed by atoms with Crippen LogP contribution in [0.15, 0.2) is 36.4 Å². The first-order valence-electron chi connectivity index (χ1n) is 11.8. The second-order valence-electron chi connectivity index (χ2n) is 8.92. The Morgan fingerprint density at radius 1 is 1.23 bits per heavy atom. The van der Waals surface area contributed by atoms with Gasteiger partial charge in [0, 0.05) is 24.2 Å². The van der Waals surface area contributed by atoms with Crippen LogP contribution in [0, 0.1) is 11.3 Å². The van der Waals surface area contributed by atoms with Crippen LogP contribution < -0.4 is 10.1 Å². The van der Waals surface area contributed by atoms with Crippen molar-refractivity contribution in [1.82, 2.24) is 20.4 Å². The van der Waals surface area contributed by atoms with Gasteiger partial charge < -0.3 is 19.7 Å². The van der Waals surface area contributed by atoms with Gasteiger partial charge in [-0.25, -0.2) is 4.79 Å². The molecular formula is C26H27N5O3S. The van der Waals surface area contributed by atoms with E-state index in [0.717, 1.165) is 39.5 Å². The van der Waals surface area contributed by atoms with E-state index in [9.17, 15) is 10.1 Å².